The largest absolute Gasteiger partial charge is 0.454 e. The summed E-state index contributed by atoms with van der Waals surface area (Å²) >= 11 is 5.75. The topological polar surface area (TPSA) is 63.9 Å². The van der Waals surface area contributed by atoms with E-state index in [1.165, 1.54) is 0 Å². The van der Waals surface area contributed by atoms with E-state index in [1.54, 1.807) is 6.33 Å². The lowest BCUT2D eigenvalue weighted by atomic mass is 10.1. The molecule has 2 aromatic carbocycles. The molecule has 0 radical (unpaired) electrons. The van der Waals surface area contributed by atoms with Crippen molar-refractivity contribution in [2.24, 2.45) is 0 Å². The van der Waals surface area contributed by atoms with Gasteiger partial charge in [-0.3, -0.25) is 0 Å². The minimum absolute atomic E-state index is 0.263. The first-order valence-electron chi connectivity index (χ1n) is 9.84. The second-order valence-electron chi connectivity index (χ2n) is 7.32. The molecular formula is C22H18N4O3S. The second kappa shape index (κ2) is 6.84. The predicted octanol–water partition coefficient (Wildman–Crippen LogP) is 3.60. The number of rotatable bonds is 2. The minimum Gasteiger partial charge on any atom is -0.454 e. The number of thiocarbonyl (C=S) groups is 1. The molecule has 6 rings (SSSR count). The smallest absolute Gasteiger partial charge is 0.231 e. The Labute approximate surface area is 177 Å². The molecule has 0 aliphatic carbocycles. The molecule has 8 heteroatoms. The van der Waals surface area contributed by atoms with Crippen LogP contribution in [0.5, 0.6) is 11.5 Å². The summed E-state index contributed by atoms with van der Waals surface area (Å²) in [6.07, 6.45) is 1.61. The van der Waals surface area contributed by atoms with Crippen molar-refractivity contribution >= 4 is 45.1 Å². The van der Waals surface area contributed by atoms with E-state index in [2.05, 4.69) is 19.8 Å². The van der Waals surface area contributed by atoms with E-state index in [9.17, 15) is 0 Å². The third-order valence-corrected chi connectivity index (χ3v) is 6.12. The highest BCUT2D eigenvalue weighted by atomic mass is 32.1. The van der Waals surface area contributed by atoms with Crippen molar-refractivity contribution in [1.82, 2.24) is 14.9 Å². The third-order valence-electron chi connectivity index (χ3n) is 5.63. The minimum atomic E-state index is 0.263. The first-order valence-corrected chi connectivity index (χ1v) is 10.2. The Hall–Kier alpha value is -3.39. The summed E-state index contributed by atoms with van der Waals surface area (Å²) in [5, 5.41) is 1.01. The van der Waals surface area contributed by atoms with Crippen LogP contribution in [0, 0.1) is 0 Å². The van der Waals surface area contributed by atoms with E-state index in [-0.39, 0.29) is 6.79 Å². The number of aromatic nitrogens is 2. The maximum atomic E-state index is 6.09. The van der Waals surface area contributed by atoms with E-state index in [0.717, 1.165) is 76.1 Å². The van der Waals surface area contributed by atoms with Gasteiger partial charge in [0.15, 0.2) is 22.9 Å². The van der Waals surface area contributed by atoms with Gasteiger partial charge in [0.05, 0.1) is 0 Å². The van der Waals surface area contributed by atoms with E-state index < -0.39 is 0 Å². The molecule has 1 fully saturated rings. The van der Waals surface area contributed by atoms with Crippen molar-refractivity contribution < 1.29 is 13.9 Å². The van der Waals surface area contributed by atoms with Crippen LogP contribution in [0.15, 0.2) is 53.2 Å². The molecular weight excluding hydrogens is 400 g/mol. The lowest BCUT2D eigenvalue weighted by Crippen LogP contribution is -2.48. The van der Waals surface area contributed by atoms with Crippen molar-refractivity contribution in [3.63, 3.8) is 0 Å². The van der Waals surface area contributed by atoms with Crippen molar-refractivity contribution in [3.05, 3.63) is 54.4 Å². The number of ether oxygens (including phenoxy) is 2. The molecule has 7 nitrogen and oxygen atoms in total. The first kappa shape index (κ1) is 17.5. The molecule has 150 valence electrons. The lowest BCUT2D eigenvalue weighted by Gasteiger charge is -2.36. The molecule has 4 heterocycles. The number of hydrogen-bond donors (Lipinski definition) is 0. The molecule has 2 aliphatic rings. The maximum absolute atomic E-state index is 6.09. The van der Waals surface area contributed by atoms with Gasteiger partial charge in [0.1, 0.15) is 22.4 Å². The fourth-order valence-corrected chi connectivity index (χ4v) is 4.38. The van der Waals surface area contributed by atoms with Crippen molar-refractivity contribution in [2.75, 3.05) is 37.9 Å². The van der Waals surface area contributed by atoms with Crippen molar-refractivity contribution in [3.8, 4) is 11.5 Å². The summed E-state index contributed by atoms with van der Waals surface area (Å²) in [7, 11) is 0. The zero-order chi connectivity index (χ0) is 20.1. The summed E-state index contributed by atoms with van der Waals surface area (Å²) in [5.41, 5.74) is 3.40. The summed E-state index contributed by atoms with van der Waals surface area (Å²) in [6, 6.07) is 13.8. The number of piperazine rings is 1. The Kier molecular flexibility index (Phi) is 3.98. The highest BCUT2D eigenvalue weighted by Crippen LogP contribution is 2.34. The van der Waals surface area contributed by atoms with Gasteiger partial charge in [0.25, 0.3) is 0 Å². The van der Waals surface area contributed by atoms with Crippen molar-refractivity contribution in [2.45, 2.75) is 0 Å². The number of furan rings is 1. The molecule has 0 N–H and O–H groups in total. The number of fused-ring (bicyclic) bond motifs is 4. The van der Waals surface area contributed by atoms with Crippen LogP contribution in [-0.4, -0.2) is 52.8 Å². The summed E-state index contributed by atoms with van der Waals surface area (Å²) in [6.45, 7) is 3.47. The van der Waals surface area contributed by atoms with Gasteiger partial charge in [0, 0.05) is 37.1 Å². The molecule has 0 unspecified atom stereocenters. The average molecular weight is 418 g/mol. The number of benzene rings is 2. The maximum Gasteiger partial charge on any atom is 0.231 e. The van der Waals surface area contributed by atoms with E-state index in [4.69, 9.17) is 26.1 Å². The standard InChI is InChI=1S/C22H18N4O3S/c30-22(14-5-6-17-18(11-14)28-13-27-17)26-9-7-25(8-10-26)21-20-19(23-12-24-21)15-3-1-2-4-16(15)29-20/h1-6,11-12H,7-10,13H2. The highest BCUT2D eigenvalue weighted by Gasteiger charge is 2.25. The molecule has 0 amide bonds. The molecule has 0 bridgehead atoms. The third kappa shape index (κ3) is 2.75. The Morgan fingerprint density at radius 3 is 2.67 bits per heavy atom. The Balaban J connectivity index is 1.23. The SMILES string of the molecule is S=C(c1ccc2c(c1)OCO2)N1CCN(c2ncnc3c2oc2ccccc23)CC1. The highest BCUT2D eigenvalue weighted by molar-refractivity contribution is 7.80. The second-order valence-corrected chi connectivity index (χ2v) is 7.71. The molecule has 0 spiro atoms. The molecule has 30 heavy (non-hydrogen) atoms. The summed E-state index contributed by atoms with van der Waals surface area (Å²) in [5.74, 6) is 2.36. The Bertz CT molecular complexity index is 1280. The quantitative estimate of drug-likeness (QED) is 0.458. The fourth-order valence-electron chi connectivity index (χ4n) is 4.07. The summed E-state index contributed by atoms with van der Waals surface area (Å²) < 4.78 is 17.0. The molecule has 2 aromatic heterocycles. The zero-order valence-corrected chi connectivity index (χ0v) is 16.9. The van der Waals surface area contributed by atoms with Gasteiger partial charge in [-0.25, -0.2) is 9.97 Å². The number of hydrogen-bond acceptors (Lipinski definition) is 7. The fraction of sp³-hybridized carbons (Fsp3) is 0.227. The van der Waals surface area contributed by atoms with Crippen LogP contribution in [0.4, 0.5) is 5.82 Å². The van der Waals surface area contributed by atoms with Crippen LogP contribution in [0.2, 0.25) is 0 Å². The molecule has 0 saturated carbocycles. The van der Waals surface area contributed by atoms with Gasteiger partial charge >= 0.3 is 0 Å². The van der Waals surface area contributed by atoms with Gasteiger partial charge in [-0.2, -0.15) is 0 Å². The number of anilines is 1. The Morgan fingerprint density at radius 1 is 0.933 bits per heavy atom. The van der Waals surface area contributed by atoms with Crippen LogP contribution in [0.3, 0.4) is 0 Å². The van der Waals surface area contributed by atoms with Gasteiger partial charge in [-0.1, -0.05) is 24.4 Å². The monoisotopic (exact) mass is 418 g/mol. The van der Waals surface area contributed by atoms with E-state index in [0.29, 0.717) is 0 Å². The average Bonchev–Trinajstić information content (AvgIpc) is 3.42. The normalized spacial score (nSPS) is 15.9. The van der Waals surface area contributed by atoms with E-state index >= 15 is 0 Å². The summed E-state index contributed by atoms with van der Waals surface area (Å²) in [4.78, 5) is 14.3. The Morgan fingerprint density at radius 2 is 1.77 bits per heavy atom. The number of para-hydroxylation sites is 1. The van der Waals surface area contributed by atoms with Gasteiger partial charge in [-0.15, -0.1) is 0 Å². The van der Waals surface area contributed by atoms with Gasteiger partial charge < -0.3 is 23.7 Å². The van der Waals surface area contributed by atoms with Crippen LogP contribution in [0.1, 0.15) is 5.56 Å². The van der Waals surface area contributed by atoms with Gasteiger partial charge in [0.2, 0.25) is 6.79 Å². The van der Waals surface area contributed by atoms with Crippen molar-refractivity contribution in [1.29, 1.82) is 0 Å². The van der Waals surface area contributed by atoms with Crippen LogP contribution >= 0.6 is 12.2 Å². The van der Waals surface area contributed by atoms with E-state index in [1.807, 2.05) is 42.5 Å². The molecule has 4 aromatic rings. The predicted molar refractivity (Wildman–Crippen MR) is 117 cm³/mol. The van der Waals surface area contributed by atoms with Gasteiger partial charge in [-0.05, 0) is 30.3 Å². The lowest BCUT2D eigenvalue weighted by molar-refractivity contribution is 0.174. The molecule has 2 aliphatic heterocycles. The van der Waals surface area contributed by atoms with Crippen LogP contribution < -0.4 is 14.4 Å². The first-order chi connectivity index (χ1) is 14.8. The molecule has 1 saturated heterocycles. The zero-order valence-electron chi connectivity index (χ0n) is 16.1. The van der Waals surface area contributed by atoms with Crippen LogP contribution in [-0.2, 0) is 0 Å². The number of nitrogens with zero attached hydrogens (tertiary/aromatic N) is 4. The molecule has 0 atom stereocenters. The van der Waals surface area contributed by atoms with Crippen LogP contribution in [0.25, 0.3) is 22.1 Å².